The second kappa shape index (κ2) is 8.89. The van der Waals surface area contributed by atoms with Crippen molar-refractivity contribution < 1.29 is 14.3 Å². The van der Waals surface area contributed by atoms with Gasteiger partial charge in [-0.1, -0.05) is 6.07 Å². The first-order valence-electron chi connectivity index (χ1n) is 11.0. The van der Waals surface area contributed by atoms with E-state index in [-0.39, 0.29) is 12.0 Å². The highest BCUT2D eigenvalue weighted by molar-refractivity contribution is 5.92. The van der Waals surface area contributed by atoms with Crippen molar-refractivity contribution in [1.82, 2.24) is 24.6 Å². The fourth-order valence-electron chi connectivity index (χ4n) is 4.82. The Bertz CT molecular complexity index is 748. The Kier molecular flexibility index (Phi) is 6.24. The van der Waals surface area contributed by atoms with Gasteiger partial charge in [0.05, 0.1) is 6.54 Å². The Labute approximate surface area is 178 Å². The molecule has 3 aliphatic rings. The van der Waals surface area contributed by atoms with Gasteiger partial charge >= 0.3 is 6.09 Å². The molecule has 0 aliphatic carbocycles. The van der Waals surface area contributed by atoms with Crippen LogP contribution in [0.2, 0.25) is 0 Å². The molecule has 3 saturated heterocycles. The Morgan fingerprint density at radius 1 is 1.23 bits per heavy atom. The van der Waals surface area contributed by atoms with E-state index in [1.54, 1.807) is 18.3 Å². The number of likely N-dealkylation sites (N-methyl/N-ethyl adjacent to an activating group) is 1. The maximum Gasteiger partial charge on any atom is 0.410 e. The van der Waals surface area contributed by atoms with E-state index >= 15 is 0 Å². The molecular formula is C22H33N5O3. The van der Waals surface area contributed by atoms with Crippen LogP contribution in [0, 0.1) is 0 Å². The monoisotopic (exact) mass is 415 g/mol. The number of piperidine rings is 1. The number of likely N-dealkylation sites (tertiary alicyclic amines) is 2. The summed E-state index contributed by atoms with van der Waals surface area (Å²) in [5.74, 6) is -0.0479. The maximum atomic E-state index is 12.6. The maximum absolute atomic E-state index is 12.6. The molecule has 2 amide bonds. The average molecular weight is 416 g/mol. The number of hydrogen-bond donors (Lipinski definition) is 0. The first-order valence-corrected chi connectivity index (χ1v) is 11.0. The fraction of sp³-hybridized carbons (Fsp3) is 0.682. The van der Waals surface area contributed by atoms with Crippen LogP contribution in [0.3, 0.4) is 0 Å². The minimum absolute atomic E-state index is 0.0479. The summed E-state index contributed by atoms with van der Waals surface area (Å²) in [6.07, 6.45) is 4.99. The predicted octanol–water partition coefficient (Wildman–Crippen LogP) is 1.53. The van der Waals surface area contributed by atoms with E-state index in [0.717, 1.165) is 32.6 Å². The van der Waals surface area contributed by atoms with Crippen molar-refractivity contribution in [2.75, 3.05) is 59.9 Å². The summed E-state index contributed by atoms with van der Waals surface area (Å²) < 4.78 is 5.82. The van der Waals surface area contributed by atoms with Crippen LogP contribution in [0.4, 0.5) is 4.79 Å². The van der Waals surface area contributed by atoms with E-state index < -0.39 is 5.60 Å². The molecule has 30 heavy (non-hydrogen) atoms. The van der Waals surface area contributed by atoms with Crippen molar-refractivity contribution in [3.63, 3.8) is 0 Å². The van der Waals surface area contributed by atoms with Gasteiger partial charge in [-0.25, -0.2) is 4.79 Å². The van der Waals surface area contributed by atoms with Gasteiger partial charge in [0, 0.05) is 51.3 Å². The van der Waals surface area contributed by atoms with Crippen LogP contribution in [0.25, 0.3) is 0 Å². The molecule has 3 fully saturated rings. The molecule has 3 aliphatic heterocycles. The lowest BCUT2D eigenvalue weighted by atomic mass is 9.91. The summed E-state index contributed by atoms with van der Waals surface area (Å²) >= 11 is 0. The third-order valence-electron chi connectivity index (χ3n) is 6.77. The summed E-state index contributed by atoms with van der Waals surface area (Å²) in [5, 5.41) is 0. The second-order valence-corrected chi connectivity index (χ2v) is 9.04. The number of nitrogens with zero attached hydrogens (tertiary/aromatic N) is 5. The normalized spacial score (nSPS) is 24.1. The smallest absolute Gasteiger partial charge is 0.410 e. The molecule has 8 nitrogen and oxygen atoms in total. The average Bonchev–Trinajstić information content (AvgIpc) is 3.34. The van der Waals surface area contributed by atoms with Gasteiger partial charge in [0.25, 0.3) is 5.91 Å². The first-order chi connectivity index (χ1) is 14.5. The van der Waals surface area contributed by atoms with Crippen LogP contribution in [0.5, 0.6) is 0 Å². The zero-order valence-electron chi connectivity index (χ0n) is 18.1. The SMILES string of the molecule is CN(C)[C@@H]1CCN(CCCN2CC3(CCN(C(=O)c4ccccn4)CC3)OC2=O)C1. The molecule has 4 rings (SSSR count). The highest BCUT2D eigenvalue weighted by Crippen LogP contribution is 2.33. The van der Waals surface area contributed by atoms with E-state index in [4.69, 9.17) is 4.74 Å². The van der Waals surface area contributed by atoms with Crippen LogP contribution in [0.15, 0.2) is 24.4 Å². The summed E-state index contributed by atoms with van der Waals surface area (Å²) in [6, 6.07) is 6.01. The fourth-order valence-corrected chi connectivity index (χ4v) is 4.82. The van der Waals surface area contributed by atoms with Gasteiger partial charge in [-0.2, -0.15) is 0 Å². The molecule has 1 spiro atoms. The molecule has 0 unspecified atom stereocenters. The minimum atomic E-state index is -0.443. The number of amides is 2. The quantitative estimate of drug-likeness (QED) is 0.702. The third-order valence-corrected chi connectivity index (χ3v) is 6.77. The van der Waals surface area contributed by atoms with Crippen molar-refractivity contribution in [2.24, 2.45) is 0 Å². The molecule has 1 aromatic rings. The van der Waals surface area contributed by atoms with Crippen LogP contribution in [-0.4, -0.2) is 108 Å². The molecule has 8 heteroatoms. The summed E-state index contributed by atoms with van der Waals surface area (Å²) in [5.41, 5.74) is 0.0265. The van der Waals surface area contributed by atoms with Gasteiger partial charge in [-0.05, 0) is 52.2 Å². The van der Waals surface area contributed by atoms with E-state index in [1.807, 2.05) is 15.9 Å². The molecule has 0 aromatic carbocycles. The Morgan fingerprint density at radius 2 is 2.03 bits per heavy atom. The number of rotatable bonds is 6. The van der Waals surface area contributed by atoms with Crippen molar-refractivity contribution in [3.8, 4) is 0 Å². The molecule has 1 aromatic heterocycles. The summed E-state index contributed by atoms with van der Waals surface area (Å²) in [7, 11) is 4.28. The minimum Gasteiger partial charge on any atom is -0.441 e. The van der Waals surface area contributed by atoms with Crippen LogP contribution in [-0.2, 0) is 4.74 Å². The topological polar surface area (TPSA) is 69.2 Å². The standard InChI is InChI=1S/C22H33N5O3/c1-24(2)18-7-13-25(16-18)11-5-12-27-17-22(30-21(27)29)8-14-26(15-9-22)20(28)19-6-3-4-10-23-19/h3-4,6,10,18H,5,7-9,11-17H2,1-2H3/t18-/m1/s1. The summed E-state index contributed by atoms with van der Waals surface area (Å²) in [6.45, 7) is 5.83. The first kappa shape index (κ1) is 21.1. The Hall–Kier alpha value is -2.19. The van der Waals surface area contributed by atoms with Crippen molar-refractivity contribution in [3.05, 3.63) is 30.1 Å². The van der Waals surface area contributed by atoms with Crippen molar-refractivity contribution >= 4 is 12.0 Å². The van der Waals surface area contributed by atoms with Crippen molar-refractivity contribution in [1.29, 1.82) is 0 Å². The lowest BCUT2D eigenvalue weighted by Gasteiger charge is -2.37. The molecule has 1 atom stereocenters. The number of ether oxygens (including phenoxy) is 1. The van der Waals surface area contributed by atoms with Gasteiger partial charge in [0.2, 0.25) is 0 Å². The number of carbonyl (C=O) groups excluding carboxylic acids is 2. The Morgan fingerprint density at radius 3 is 2.70 bits per heavy atom. The zero-order chi connectivity index (χ0) is 21.1. The van der Waals surface area contributed by atoms with E-state index in [0.29, 0.717) is 44.2 Å². The Balaban J connectivity index is 1.22. The second-order valence-electron chi connectivity index (χ2n) is 9.04. The summed E-state index contributed by atoms with van der Waals surface area (Å²) in [4.78, 5) is 37.7. The van der Waals surface area contributed by atoms with Gasteiger partial charge in [0.15, 0.2) is 0 Å². The molecule has 0 radical (unpaired) electrons. The predicted molar refractivity (Wildman–Crippen MR) is 113 cm³/mol. The molecule has 0 saturated carbocycles. The number of hydrogen-bond acceptors (Lipinski definition) is 6. The molecule has 0 N–H and O–H groups in total. The van der Waals surface area contributed by atoms with Gasteiger partial charge in [0.1, 0.15) is 11.3 Å². The zero-order valence-corrected chi connectivity index (χ0v) is 18.1. The van der Waals surface area contributed by atoms with E-state index in [9.17, 15) is 9.59 Å². The molecule has 0 bridgehead atoms. The van der Waals surface area contributed by atoms with E-state index in [1.165, 1.54) is 6.42 Å². The number of aromatic nitrogens is 1. The highest BCUT2D eigenvalue weighted by atomic mass is 16.6. The van der Waals surface area contributed by atoms with Gasteiger partial charge in [-0.3, -0.25) is 9.78 Å². The number of carbonyl (C=O) groups is 2. The lowest BCUT2D eigenvalue weighted by Crippen LogP contribution is -2.49. The van der Waals surface area contributed by atoms with Crippen molar-refractivity contribution in [2.45, 2.75) is 37.3 Å². The highest BCUT2D eigenvalue weighted by Gasteiger charge is 2.47. The van der Waals surface area contributed by atoms with Crippen LogP contribution in [0.1, 0.15) is 36.2 Å². The third kappa shape index (κ3) is 4.59. The van der Waals surface area contributed by atoms with Crippen LogP contribution < -0.4 is 0 Å². The molecule has 4 heterocycles. The van der Waals surface area contributed by atoms with Gasteiger partial charge in [-0.15, -0.1) is 0 Å². The molecule has 164 valence electrons. The molecular weight excluding hydrogens is 382 g/mol. The van der Waals surface area contributed by atoms with Crippen LogP contribution >= 0.6 is 0 Å². The lowest BCUT2D eigenvalue weighted by molar-refractivity contribution is 0.00296. The van der Waals surface area contributed by atoms with Gasteiger partial charge < -0.3 is 24.3 Å². The number of pyridine rings is 1. The van der Waals surface area contributed by atoms with E-state index in [2.05, 4.69) is 28.9 Å². The largest absolute Gasteiger partial charge is 0.441 e.